The molecule has 2 N–H and O–H groups in total. The number of fused-ring (bicyclic) bond motifs is 3. The zero-order valence-corrected chi connectivity index (χ0v) is 13.4. The van der Waals surface area contributed by atoms with Crippen LogP contribution in [0.5, 0.6) is 0 Å². The van der Waals surface area contributed by atoms with Gasteiger partial charge in [-0.3, -0.25) is 4.79 Å². The van der Waals surface area contributed by atoms with Crippen molar-refractivity contribution in [3.63, 3.8) is 0 Å². The predicted molar refractivity (Wildman–Crippen MR) is 90.4 cm³/mol. The second-order valence-electron chi connectivity index (χ2n) is 6.60. The third kappa shape index (κ3) is 2.93. The van der Waals surface area contributed by atoms with Gasteiger partial charge in [0.25, 0.3) is 0 Å². The minimum absolute atomic E-state index is 0.117. The standard InChI is InChI=1S/C19H21N3O/c1-12-2-4-14-6-7-17(22-19(14)21-12)9-15-5-3-13-8-16(15)10-18(23)20-11-13/h2-5,8,17H,6-7,9-11H2,1H3,(H,20,23)(H,21,22). The fourth-order valence-electron chi connectivity index (χ4n) is 3.52. The monoisotopic (exact) mass is 307 g/mol. The number of amides is 1. The van der Waals surface area contributed by atoms with Gasteiger partial charge in [0.15, 0.2) is 0 Å². The first-order valence-corrected chi connectivity index (χ1v) is 8.28. The zero-order valence-electron chi connectivity index (χ0n) is 13.4. The van der Waals surface area contributed by atoms with Gasteiger partial charge in [-0.2, -0.15) is 0 Å². The van der Waals surface area contributed by atoms with Crippen LogP contribution in [0.15, 0.2) is 30.3 Å². The van der Waals surface area contributed by atoms with Crippen molar-refractivity contribution >= 4 is 11.7 Å². The lowest BCUT2D eigenvalue weighted by atomic mass is 9.92. The summed E-state index contributed by atoms with van der Waals surface area (Å²) in [5.41, 5.74) is 5.99. The van der Waals surface area contributed by atoms with E-state index in [1.807, 2.05) is 6.92 Å². The highest BCUT2D eigenvalue weighted by atomic mass is 16.1. The van der Waals surface area contributed by atoms with Gasteiger partial charge in [-0.15, -0.1) is 0 Å². The van der Waals surface area contributed by atoms with Gasteiger partial charge in [0.1, 0.15) is 5.82 Å². The van der Waals surface area contributed by atoms with E-state index in [4.69, 9.17) is 0 Å². The van der Waals surface area contributed by atoms with E-state index in [0.717, 1.165) is 30.8 Å². The number of nitrogens with one attached hydrogen (secondary N) is 2. The van der Waals surface area contributed by atoms with Gasteiger partial charge < -0.3 is 10.6 Å². The molecule has 0 fully saturated rings. The number of rotatable bonds is 2. The Kier molecular flexibility index (Phi) is 3.52. The molecule has 118 valence electrons. The smallest absolute Gasteiger partial charge is 0.224 e. The lowest BCUT2D eigenvalue weighted by Crippen LogP contribution is -2.29. The zero-order chi connectivity index (χ0) is 15.8. The average molecular weight is 307 g/mol. The fourth-order valence-corrected chi connectivity index (χ4v) is 3.52. The second-order valence-corrected chi connectivity index (χ2v) is 6.60. The topological polar surface area (TPSA) is 54.0 Å². The number of nitrogens with zero attached hydrogens (tertiary/aromatic N) is 1. The summed E-state index contributed by atoms with van der Waals surface area (Å²) in [5, 5.41) is 6.53. The summed E-state index contributed by atoms with van der Waals surface area (Å²) in [5.74, 6) is 1.15. The molecule has 2 aliphatic heterocycles. The summed E-state index contributed by atoms with van der Waals surface area (Å²) < 4.78 is 0. The first-order chi connectivity index (χ1) is 11.2. The van der Waals surface area contributed by atoms with Gasteiger partial charge in [-0.25, -0.2) is 4.98 Å². The number of hydrogen-bond acceptors (Lipinski definition) is 3. The third-order valence-corrected chi connectivity index (χ3v) is 4.80. The van der Waals surface area contributed by atoms with Crippen molar-refractivity contribution in [2.75, 3.05) is 5.32 Å². The summed E-state index contributed by atoms with van der Waals surface area (Å²) in [4.78, 5) is 16.5. The van der Waals surface area contributed by atoms with Crippen LogP contribution in [-0.4, -0.2) is 16.9 Å². The largest absolute Gasteiger partial charge is 0.367 e. The number of hydrogen-bond donors (Lipinski definition) is 2. The van der Waals surface area contributed by atoms with E-state index in [9.17, 15) is 4.79 Å². The fraction of sp³-hybridized carbons (Fsp3) is 0.368. The molecular weight excluding hydrogens is 286 g/mol. The Hall–Kier alpha value is -2.36. The van der Waals surface area contributed by atoms with Gasteiger partial charge in [0.05, 0.1) is 6.42 Å². The molecule has 0 radical (unpaired) electrons. The molecule has 1 unspecified atom stereocenters. The number of pyridine rings is 1. The molecule has 3 heterocycles. The van der Waals surface area contributed by atoms with Crippen LogP contribution in [0.2, 0.25) is 0 Å². The van der Waals surface area contributed by atoms with Crippen LogP contribution in [0.25, 0.3) is 0 Å². The number of carbonyl (C=O) groups excluding carboxylic acids is 1. The molecule has 1 aromatic heterocycles. The highest BCUT2D eigenvalue weighted by molar-refractivity contribution is 5.79. The molecule has 1 aromatic carbocycles. The van der Waals surface area contributed by atoms with Crippen LogP contribution in [0.3, 0.4) is 0 Å². The van der Waals surface area contributed by atoms with Crippen molar-refractivity contribution in [1.82, 2.24) is 10.3 Å². The maximum absolute atomic E-state index is 11.8. The van der Waals surface area contributed by atoms with E-state index in [1.165, 1.54) is 22.3 Å². The van der Waals surface area contributed by atoms with Gasteiger partial charge >= 0.3 is 0 Å². The minimum Gasteiger partial charge on any atom is -0.367 e. The maximum Gasteiger partial charge on any atom is 0.224 e. The quantitative estimate of drug-likeness (QED) is 0.896. The SMILES string of the molecule is Cc1ccc2c(n1)NC(Cc1ccc3cc1CC(=O)NC3)CC2. The van der Waals surface area contributed by atoms with E-state index in [2.05, 4.69) is 45.9 Å². The summed E-state index contributed by atoms with van der Waals surface area (Å²) >= 11 is 0. The number of carbonyl (C=O) groups is 1. The molecule has 4 rings (SSSR count). The number of aryl methyl sites for hydroxylation is 2. The van der Waals surface area contributed by atoms with Crippen molar-refractivity contribution in [3.05, 3.63) is 58.3 Å². The van der Waals surface area contributed by atoms with Crippen LogP contribution in [0.1, 0.15) is 34.4 Å². The minimum atomic E-state index is 0.117. The lowest BCUT2D eigenvalue weighted by molar-refractivity contribution is -0.120. The van der Waals surface area contributed by atoms with Crippen LogP contribution >= 0.6 is 0 Å². The Morgan fingerprint density at radius 1 is 1.22 bits per heavy atom. The normalized spacial score (nSPS) is 19.3. The van der Waals surface area contributed by atoms with Crippen LogP contribution in [0, 0.1) is 6.92 Å². The van der Waals surface area contributed by atoms with Gasteiger partial charge in [-0.05, 0) is 54.5 Å². The summed E-state index contributed by atoms with van der Waals surface area (Å²) in [6, 6.07) is 11.1. The van der Waals surface area contributed by atoms with Crippen molar-refractivity contribution < 1.29 is 4.79 Å². The molecule has 4 nitrogen and oxygen atoms in total. The molecule has 0 saturated heterocycles. The van der Waals surface area contributed by atoms with E-state index in [-0.39, 0.29) is 5.91 Å². The van der Waals surface area contributed by atoms with Crippen LogP contribution in [-0.2, 0) is 30.6 Å². The van der Waals surface area contributed by atoms with Crippen molar-refractivity contribution in [1.29, 1.82) is 0 Å². The van der Waals surface area contributed by atoms with Crippen molar-refractivity contribution in [2.24, 2.45) is 0 Å². The number of benzene rings is 1. The summed E-state index contributed by atoms with van der Waals surface area (Å²) in [7, 11) is 0. The summed E-state index contributed by atoms with van der Waals surface area (Å²) in [6.07, 6.45) is 3.60. The first-order valence-electron chi connectivity index (χ1n) is 8.28. The Bertz CT molecular complexity index is 769. The van der Waals surface area contributed by atoms with Gasteiger partial charge in [0.2, 0.25) is 5.91 Å². The Balaban J connectivity index is 1.55. The van der Waals surface area contributed by atoms with Crippen LogP contribution < -0.4 is 10.6 Å². The molecular formula is C19H21N3O. The lowest BCUT2D eigenvalue weighted by Gasteiger charge is -2.27. The molecule has 23 heavy (non-hydrogen) atoms. The molecule has 0 aliphatic carbocycles. The first kappa shape index (κ1) is 14.2. The molecule has 1 amide bonds. The number of aromatic nitrogens is 1. The summed E-state index contributed by atoms with van der Waals surface area (Å²) in [6.45, 7) is 2.67. The molecule has 1 atom stereocenters. The molecule has 2 bridgehead atoms. The highest BCUT2D eigenvalue weighted by Gasteiger charge is 2.21. The van der Waals surface area contributed by atoms with Gasteiger partial charge in [-0.1, -0.05) is 24.3 Å². The van der Waals surface area contributed by atoms with E-state index in [0.29, 0.717) is 19.0 Å². The molecule has 0 saturated carbocycles. The van der Waals surface area contributed by atoms with Crippen molar-refractivity contribution in [3.8, 4) is 0 Å². The van der Waals surface area contributed by atoms with E-state index in [1.54, 1.807) is 0 Å². The Labute approximate surface area is 136 Å². The predicted octanol–water partition coefficient (Wildman–Crippen LogP) is 2.53. The number of anilines is 1. The molecule has 0 spiro atoms. The Morgan fingerprint density at radius 3 is 3.04 bits per heavy atom. The maximum atomic E-state index is 11.8. The third-order valence-electron chi connectivity index (χ3n) is 4.80. The molecule has 4 heteroatoms. The van der Waals surface area contributed by atoms with Crippen LogP contribution in [0.4, 0.5) is 5.82 Å². The average Bonchev–Trinajstić information content (AvgIpc) is 2.69. The van der Waals surface area contributed by atoms with E-state index >= 15 is 0 Å². The van der Waals surface area contributed by atoms with E-state index < -0.39 is 0 Å². The van der Waals surface area contributed by atoms with Crippen molar-refractivity contribution in [2.45, 2.75) is 45.2 Å². The molecule has 2 aliphatic rings. The highest BCUT2D eigenvalue weighted by Crippen LogP contribution is 2.26. The Morgan fingerprint density at radius 2 is 2.13 bits per heavy atom. The van der Waals surface area contributed by atoms with Gasteiger partial charge in [0, 0.05) is 18.3 Å². The second kappa shape index (κ2) is 5.69. The molecule has 2 aromatic rings.